The van der Waals surface area contributed by atoms with Gasteiger partial charge in [0.05, 0.1) is 12.1 Å². The van der Waals surface area contributed by atoms with E-state index in [1.165, 1.54) is 6.42 Å². The minimum Gasteiger partial charge on any atom is -0.381 e. The van der Waals surface area contributed by atoms with E-state index in [9.17, 15) is 4.79 Å². The molecule has 2 fully saturated rings. The first-order valence-corrected chi connectivity index (χ1v) is 8.40. The zero-order valence-corrected chi connectivity index (χ0v) is 13.4. The predicted molar refractivity (Wildman–Crippen MR) is 82.2 cm³/mol. The lowest BCUT2D eigenvalue weighted by Gasteiger charge is -2.30. The van der Waals surface area contributed by atoms with Crippen molar-refractivity contribution in [2.24, 2.45) is 5.92 Å². The van der Waals surface area contributed by atoms with Gasteiger partial charge in [-0.3, -0.25) is 4.79 Å². The van der Waals surface area contributed by atoms with E-state index in [4.69, 9.17) is 9.47 Å². The molecule has 0 saturated carbocycles. The highest BCUT2D eigenvalue weighted by Gasteiger charge is 2.26. The van der Waals surface area contributed by atoms with E-state index in [2.05, 4.69) is 24.5 Å². The van der Waals surface area contributed by atoms with Crippen molar-refractivity contribution < 1.29 is 14.3 Å². The Balaban J connectivity index is 1.77. The molecule has 5 heteroatoms. The van der Waals surface area contributed by atoms with Crippen LogP contribution in [0, 0.1) is 5.92 Å². The number of ether oxygens (including phenoxy) is 2. The van der Waals surface area contributed by atoms with Gasteiger partial charge in [0.2, 0.25) is 5.91 Å². The SMILES string of the molecule is CC(C)[C@H](NC1CCOCC1)C(=O)NC[C@@H]1CCCCO1. The van der Waals surface area contributed by atoms with Crippen LogP contribution in [0.1, 0.15) is 46.0 Å². The molecule has 2 aliphatic rings. The average molecular weight is 298 g/mol. The summed E-state index contributed by atoms with van der Waals surface area (Å²) in [5.41, 5.74) is 0. The van der Waals surface area contributed by atoms with Crippen LogP contribution in [0.2, 0.25) is 0 Å². The molecule has 2 heterocycles. The van der Waals surface area contributed by atoms with Crippen LogP contribution in [0.25, 0.3) is 0 Å². The van der Waals surface area contributed by atoms with Crippen molar-refractivity contribution in [3.05, 3.63) is 0 Å². The fourth-order valence-electron chi connectivity index (χ4n) is 2.98. The Morgan fingerprint density at radius 1 is 1.14 bits per heavy atom. The first kappa shape index (κ1) is 16.7. The van der Waals surface area contributed by atoms with Gasteiger partial charge >= 0.3 is 0 Å². The van der Waals surface area contributed by atoms with Gasteiger partial charge in [0.15, 0.2) is 0 Å². The van der Waals surface area contributed by atoms with Crippen molar-refractivity contribution in [2.75, 3.05) is 26.4 Å². The maximum Gasteiger partial charge on any atom is 0.237 e. The topological polar surface area (TPSA) is 59.6 Å². The van der Waals surface area contributed by atoms with Gasteiger partial charge in [-0.15, -0.1) is 0 Å². The smallest absolute Gasteiger partial charge is 0.237 e. The molecule has 122 valence electrons. The van der Waals surface area contributed by atoms with E-state index in [1.54, 1.807) is 0 Å². The Morgan fingerprint density at radius 3 is 2.52 bits per heavy atom. The molecule has 21 heavy (non-hydrogen) atoms. The van der Waals surface area contributed by atoms with E-state index in [1.807, 2.05) is 0 Å². The van der Waals surface area contributed by atoms with Crippen LogP contribution in [-0.4, -0.2) is 50.5 Å². The maximum atomic E-state index is 12.4. The van der Waals surface area contributed by atoms with E-state index in [0.717, 1.165) is 45.5 Å². The zero-order valence-electron chi connectivity index (χ0n) is 13.4. The molecule has 0 aliphatic carbocycles. The third kappa shape index (κ3) is 5.57. The van der Waals surface area contributed by atoms with Gasteiger partial charge in [-0.2, -0.15) is 0 Å². The summed E-state index contributed by atoms with van der Waals surface area (Å²) < 4.78 is 11.0. The Labute approximate surface area is 128 Å². The molecule has 0 spiro atoms. The van der Waals surface area contributed by atoms with E-state index in [-0.39, 0.29) is 24.0 Å². The molecular weight excluding hydrogens is 268 g/mol. The molecule has 0 unspecified atom stereocenters. The Hall–Kier alpha value is -0.650. The number of hydrogen-bond acceptors (Lipinski definition) is 4. The monoisotopic (exact) mass is 298 g/mol. The fourth-order valence-corrected chi connectivity index (χ4v) is 2.98. The zero-order chi connectivity index (χ0) is 15.1. The van der Waals surface area contributed by atoms with Crippen molar-refractivity contribution in [2.45, 2.75) is 64.1 Å². The number of carbonyl (C=O) groups excluding carboxylic acids is 1. The second-order valence-corrected chi connectivity index (χ2v) is 6.51. The molecule has 0 bridgehead atoms. The lowest BCUT2D eigenvalue weighted by atomic mass is 9.99. The minimum atomic E-state index is -0.128. The third-order valence-electron chi connectivity index (χ3n) is 4.36. The first-order valence-electron chi connectivity index (χ1n) is 8.40. The molecule has 1 amide bonds. The first-order chi connectivity index (χ1) is 10.2. The van der Waals surface area contributed by atoms with Gasteiger partial charge in [-0.05, 0) is 38.0 Å². The summed E-state index contributed by atoms with van der Waals surface area (Å²) in [4.78, 5) is 12.4. The molecular formula is C16H30N2O3. The largest absolute Gasteiger partial charge is 0.381 e. The Morgan fingerprint density at radius 2 is 1.90 bits per heavy atom. The molecule has 5 nitrogen and oxygen atoms in total. The van der Waals surface area contributed by atoms with Crippen LogP contribution in [-0.2, 0) is 14.3 Å². The van der Waals surface area contributed by atoms with Crippen LogP contribution in [0.3, 0.4) is 0 Å². The number of amides is 1. The van der Waals surface area contributed by atoms with Gasteiger partial charge in [0, 0.05) is 32.4 Å². The van der Waals surface area contributed by atoms with Gasteiger partial charge in [0.1, 0.15) is 0 Å². The van der Waals surface area contributed by atoms with Crippen LogP contribution in [0.4, 0.5) is 0 Å². The van der Waals surface area contributed by atoms with Gasteiger partial charge in [0.25, 0.3) is 0 Å². The third-order valence-corrected chi connectivity index (χ3v) is 4.36. The number of rotatable bonds is 6. The van der Waals surface area contributed by atoms with Crippen LogP contribution in [0.5, 0.6) is 0 Å². The number of nitrogens with one attached hydrogen (secondary N) is 2. The highest BCUT2D eigenvalue weighted by molar-refractivity contribution is 5.82. The summed E-state index contributed by atoms with van der Waals surface area (Å²) >= 11 is 0. The normalized spacial score (nSPS) is 25.8. The Kier molecular flexibility index (Phi) is 6.93. The van der Waals surface area contributed by atoms with E-state index in [0.29, 0.717) is 12.6 Å². The van der Waals surface area contributed by atoms with Crippen molar-refractivity contribution in [3.8, 4) is 0 Å². The predicted octanol–water partition coefficient (Wildman–Crippen LogP) is 1.46. The summed E-state index contributed by atoms with van der Waals surface area (Å²) in [7, 11) is 0. The minimum absolute atomic E-state index is 0.102. The molecule has 0 radical (unpaired) electrons. The lowest BCUT2D eigenvalue weighted by molar-refractivity contribution is -0.125. The maximum absolute atomic E-state index is 12.4. The van der Waals surface area contributed by atoms with Gasteiger partial charge in [-0.25, -0.2) is 0 Å². The highest BCUT2D eigenvalue weighted by atomic mass is 16.5. The molecule has 2 aliphatic heterocycles. The molecule has 0 aromatic rings. The number of carbonyl (C=O) groups is 1. The number of hydrogen-bond donors (Lipinski definition) is 2. The standard InChI is InChI=1S/C16H30N2O3/c1-12(2)15(18-13-6-9-20-10-7-13)16(19)17-11-14-5-3-4-8-21-14/h12-15,18H,3-11H2,1-2H3,(H,17,19)/t14-,15-/m0/s1. The molecule has 2 N–H and O–H groups in total. The fraction of sp³-hybridized carbons (Fsp3) is 0.938. The molecule has 2 saturated heterocycles. The quantitative estimate of drug-likeness (QED) is 0.779. The molecule has 2 rings (SSSR count). The average Bonchev–Trinajstić information content (AvgIpc) is 2.52. The van der Waals surface area contributed by atoms with Gasteiger partial charge in [-0.1, -0.05) is 13.8 Å². The van der Waals surface area contributed by atoms with Crippen LogP contribution in [0.15, 0.2) is 0 Å². The second-order valence-electron chi connectivity index (χ2n) is 6.51. The van der Waals surface area contributed by atoms with Crippen molar-refractivity contribution >= 4 is 5.91 Å². The lowest BCUT2D eigenvalue weighted by Crippen LogP contribution is -2.53. The van der Waals surface area contributed by atoms with Crippen molar-refractivity contribution in [1.29, 1.82) is 0 Å². The molecule has 0 aromatic carbocycles. The summed E-state index contributed by atoms with van der Waals surface area (Å²) in [6, 6.07) is 0.263. The van der Waals surface area contributed by atoms with Crippen LogP contribution >= 0.6 is 0 Å². The summed E-state index contributed by atoms with van der Waals surface area (Å²) in [6.07, 6.45) is 5.57. The summed E-state index contributed by atoms with van der Waals surface area (Å²) in [5.74, 6) is 0.380. The van der Waals surface area contributed by atoms with Crippen LogP contribution < -0.4 is 10.6 Å². The summed E-state index contributed by atoms with van der Waals surface area (Å²) in [5, 5.41) is 6.58. The highest BCUT2D eigenvalue weighted by Crippen LogP contribution is 2.13. The van der Waals surface area contributed by atoms with E-state index < -0.39 is 0 Å². The van der Waals surface area contributed by atoms with Crippen molar-refractivity contribution in [1.82, 2.24) is 10.6 Å². The molecule has 2 atom stereocenters. The molecule has 0 aromatic heterocycles. The Bertz CT molecular complexity index is 311. The second kappa shape index (κ2) is 8.71. The summed E-state index contributed by atoms with van der Waals surface area (Å²) in [6.45, 7) is 7.23. The van der Waals surface area contributed by atoms with Gasteiger partial charge < -0.3 is 20.1 Å². The van der Waals surface area contributed by atoms with E-state index >= 15 is 0 Å². The van der Waals surface area contributed by atoms with Crippen molar-refractivity contribution in [3.63, 3.8) is 0 Å².